The molecule has 2 rings (SSSR count). The number of methoxy groups -OCH3 is 2. The largest absolute Gasteiger partial charge is 0.496 e. The third kappa shape index (κ3) is 2.71. The first-order chi connectivity index (χ1) is 9.19. The van der Waals surface area contributed by atoms with Crippen LogP contribution in [0.1, 0.15) is 11.1 Å². The Morgan fingerprint density at radius 3 is 2.26 bits per heavy atom. The van der Waals surface area contributed by atoms with Gasteiger partial charge in [0.25, 0.3) is 0 Å². The molecule has 0 saturated heterocycles. The number of ether oxygens (including phenoxy) is 2. The Morgan fingerprint density at radius 1 is 0.947 bits per heavy atom. The number of nitrogens with two attached hydrogens (primary N) is 1. The molecule has 0 aliphatic carbocycles. The fourth-order valence-electron chi connectivity index (χ4n) is 2.15. The summed E-state index contributed by atoms with van der Waals surface area (Å²) in [4.78, 5) is 0. The van der Waals surface area contributed by atoms with E-state index < -0.39 is 0 Å². The average molecular weight is 257 g/mol. The molecule has 0 fully saturated rings. The van der Waals surface area contributed by atoms with Crippen LogP contribution in [0.5, 0.6) is 11.5 Å². The monoisotopic (exact) mass is 257 g/mol. The Kier molecular flexibility index (Phi) is 4.07. The maximum absolute atomic E-state index is 5.76. The second kappa shape index (κ2) is 5.76. The van der Waals surface area contributed by atoms with Crippen LogP contribution in [0.4, 0.5) is 0 Å². The van der Waals surface area contributed by atoms with Crippen molar-refractivity contribution in [2.45, 2.75) is 13.5 Å². The Bertz CT molecular complexity index is 579. The summed E-state index contributed by atoms with van der Waals surface area (Å²) in [5.41, 5.74) is 10.1. The number of hydrogen-bond donors (Lipinski definition) is 1. The molecule has 2 aromatic carbocycles. The Balaban J connectivity index is 2.55. The molecule has 0 atom stereocenters. The van der Waals surface area contributed by atoms with E-state index in [0.717, 1.165) is 28.2 Å². The molecule has 0 aliphatic heterocycles. The van der Waals surface area contributed by atoms with Crippen molar-refractivity contribution in [2.75, 3.05) is 14.2 Å². The van der Waals surface area contributed by atoms with Crippen molar-refractivity contribution in [2.24, 2.45) is 5.73 Å². The van der Waals surface area contributed by atoms with E-state index in [0.29, 0.717) is 6.54 Å². The topological polar surface area (TPSA) is 44.5 Å². The highest BCUT2D eigenvalue weighted by Gasteiger charge is 2.09. The number of aryl methyl sites for hydroxylation is 1. The minimum Gasteiger partial charge on any atom is -0.496 e. The Hall–Kier alpha value is -2.00. The van der Waals surface area contributed by atoms with E-state index in [-0.39, 0.29) is 0 Å². The molecule has 0 bridgehead atoms. The third-order valence-electron chi connectivity index (χ3n) is 3.17. The molecule has 0 spiro atoms. The molecule has 2 aromatic rings. The summed E-state index contributed by atoms with van der Waals surface area (Å²) in [6.07, 6.45) is 0. The summed E-state index contributed by atoms with van der Waals surface area (Å²) < 4.78 is 10.7. The van der Waals surface area contributed by atoms with E-state index in [2.05, 4.69) is 19.1 Å². The van der Waals surface area contributed by atoms with E-state index >= 15 is 0 Å². The summed E-state index contributed by atoms with van der Waals surface area (Å²) in [6, 6.07) is 12.2. The molecule has 19 heavy (non-hydrogen) atoms. The molecule has 3 nitrogen and oxygen atoms in total. The quantitative estimate of drug-likeness (QED) is 0.915. The smallest absolute Gasteiger partial charge is 0.126 e. The van der Waals surface area contributed by atoms with Crippen molar-refractivity contribution in [1.82, 2.24) is 0 Å². The Labute approximate surface area is 114 Å². The highest BCUT2D eigenvalue weighted by atomic mass is 16.5. The molecule has 0 radical (unpaired) electrons. The van der Waals surface area contributed by atoms with E-state index in [1.165, 1.54) is 5.56 Å². The van der Waals surface area contributed by atoms with E-state index in [9.17, 15) is 0 Å². The zero-order chi connectivity index (χ0) is 13.8. The van der Waals surface area contributed by atoms with Gasteiger partial charge in [0.1, 0.15) is 11.5 Å². The molecule has 100 valence electrons. The number of hydrogen-bond acceptors (Lipinski definition) is 3. The lowest BCUT2D eigenvalue weighted by Crippen LogP contribution is -2.00. The van der Waals surface area contributed by atoms with Gasteiger partial charge in [-0.25, -0.2) is 0 Å². The molecule has 0 aliphatic rings. The van der Waals surface area contributed by atoms with Gasteiger partial charge in [-0.05, 0) is 36.8 Å². The van der Waals surface area contributed by atoms with Gasteiger partial charge in [-0.3, -0.25) is 0 Å². The van der Waals surface area contributed by atoms with Gasteiger partial charge >= 0.3 is 0 Å². The predicted molar refractivity (Wildman–Crippen MR) is 77.6 cm³/mol. The minimum atomic E-state index is 0.450. The van der Waals surface area contributed by atoms with E-state index in [1.807, 2.05) is 24.3 Å². The van der Waals surface area contributed by atoms with Gasteiger partial charge in [0.15, 0.2) is 0 Å². The van der Waals surface area contributed by atoms with Crippen LogP contribution in [-0.4, -0.2) is 14.2 Å². The number of rotatable bonds is 4. The predicted octanol–water partition coefficient (Wildman–Crippen LogP) is 3.14. The lowest BCUT2D eigenvalue weighted by atomic mass is 10.00. The van der Waals surface area contributed by atoms with Crippen LogP contribution in [-0.2, 0) is 6.54 Å². The Morgan fingerprint density at radius 2 is 1.63 bits per heavy atom. The van der Waals surface area contributed by atoms with Crippen LogP contribution in [0.2, 0.25) is 0 Å². The van der Waals surface area contributed by atoms with Crippen molar-refractivity contribution in [3.05, 3.63) is 47.5 Å². The second-order valence-corrected chi connectivity index (χ2v) is 4.43. The van der Waals surface area contributed by atoms with Crippen LogP contribution in [0.25, 0.3) is 11.1 Å². The van der Waals surface area contributed by atoms with Crippen LogP contribution >= 0.6 is 0 Å². The fraction of sp³-hybridized carbons (Fsp3) is 0.250. The zero-order valence-electron chi connectivity index (χ0n) is 11.6. The molecule has 0 heterocycles. The van der Waals surface area contributed by atoms with Gasteiger partial charge < -0.3 is 15.2 Å². The van der Waals surface area contributed by atoms with Gasteiger partial charge in [-0.1, -0.05) is 17.7 Å². The molecular weight excluding hydrogens is 238 g/mol. The summed E-state index contributed by atoms with van der Waals surface area (Å²) in [6.45, 7) is 2.52. The third-order valence-corrected chi connectivity index (χ3v) is 3.17. The van der Waals surface area contributed by atoms with Crippen LogP contribution in [0.15, 0.2) is 36.4 Å². The lowest BCUT2D eigenvalue weighted by Gasteiger charge is -2.13. The van der Waals surface area contributed by atoms with E-state index in [4.69, 9.17) is 15.2 Å². The second-order valence-electron chi connectivity index (χ2n) is 4.43. The van der Waals surface area contributed by atoms with Gasteiger partial charge in [0.2, 0.25) is 0 Å². The fourth-order valence-corrected chi connectivity index (χ4v) is 2.15. The van der Waals surface area contributed by atoms with Crippen molar-refractivity contribution in [1.29, 1.82) is 0 Å². The summed E-state index contributed by atoms with van der Waals surface area (Å²) in [5, 5.41) is 0. The highest BCUT2D eigenvalue weighted by molar-refractivity contribution is 5.72. The molecule has 0 saturated carbocycles. The molecule has 3 heteroatoms. The first-order valence-corrected chi connectivity index (χ1v) is 6.21. The number of benzene rings is 2. The summed E-state index contributed by atoms with van der Waals surface area (Å²) in [7, 11) is 3.34. The maximum Gasteiger partial charge on any atom is 0.126 e. The maximum atomic E-state index is 5.76. The lowest BCUT2D eigenvalue weighted by molar-refractivity contribution is 0.409. The van der Waals surface area contributed by atoms with Gasteiger partial charge in [0, 0.05) is 17.7 Å². The van der Waals surface area contributed by atoms with Crippen molar-refractivity contribution >= 4 is 0 Å². The summed E-state index contributed by atoms with van der Waals surface area (Å²) in [5.74, 6) is 1.68. The van der Waals surface area contributed by atoms with Crippen LogP contribution in [0, 0.1) is 6.92 Å². The SMILES string of the molecule is COc1ccc(-c2cc(C)ccc2OC)cc1CN. The first-order valence-electron chi connectivity index (χ1n) is 6.21. The average Bonchev–Trinajstić information content (AvgIpc) is 2.46. The van der Waals surface area contributed by atoms with Crippen molar-refractivity contribution in [3.8, 4) is 22.6 Å². The minimum absolute atomic E-state index is 0.450. The normalized spacial score (nSPS) is 10.3. The molecule has 0 unspecified atom stereocenters. The van der Waals surface area contributed by atoms with E-state index in [1.54, 1.807) is 14.2 Å². The van der Waals surface area contributed by atoms with Crippen LogP contribution < -0.4 is 15.2 Å². The molecular formula is C16H19NO2. The van der Waals surface area contributed by atoms with Gasteiger partial charge in [-0.2, -0.15) is 0 Å². The van der Waals surface area contributed by atoms with Crippen LogP contribution in [0.3, 0.4) is 0 Å². The standard InChI is InChI=1S/C16H19NO2/c1-11-4-6-16(19-3)14(8-11)12-5-7-15(18-2)13(9-12)10-17/h4-9H,10,17H2,1-3H3. The highest BCUT2D eigenvalue weighted by Crippen LogP contribution is 2.33. The van der Waals surface area contributed by atoms with Crippen molar-refractivity contribution < 1.29 is 9.47 Å². The van der Waals surface area contributed by atoms with Crippen molar-refractivity contribution in [3.63, 3.8) is 0 Å². The molecule has 0 amide bonds. The molecule has 2 N–H and O–H groups in total. The zero-order valence-corrected chi connectivity index (χ0v) is 11.6. The van der Waals surface area contributed by atoms with Gasteiger partial charge in [-0.15, -0.1) is 0 Å². The first kappa shape index (κ1) is 13.4. The van der Waals surface area contributed by atoms with Gasteiger partial charge in [0.05, 0.1) is 14.2 Å². The molecule has 0 aromatic heterocycles. The summed E-state index contributed by atoms with van der Waals surface area (Å²) >= 11 is 0.